The summed E-state index contributed by atoms with van der Waals surface area (Å²) in [6, 6.07) is 0. The molecule has 5 aliphatic rings. The van der Waals surface area contributed by atoms with Gasteiger partial charge in [-0.3, -0.25) is 4.79 Å². The van der Waals surface area contributed by atoms with E-state index in [1.807, 2.05) is 0 Å². The smallest absolute Gasteiger partial charge is 0.141 e. The van der Waals surface area contributed by atoms with Crippen molar-refractivity contribution in [3.05, 3.63) is 11.6 Å². The van der Waals surface area contributed by atoms with Crippen LogP contribution in [0.5, 0.6) is 0 Å². The Kier molecular flexibility index (Phi) is 4.50. The number of hydrogen-bond acceptors (Lipinski definition) is 4. The Labute approximate surface area is 169 Å². The normalized spacial score (nSPS) is 47.5. The number of likely N-dealkylation sites (tertiary alicyclic amines) is 1. The molecule has 0 N–H and O–H groups in total. The van der Waals surface area contributed by atoms with Crippen molar-refractivity contribution in [3.63, 3.8) is 0 Å². The molecule has 4 nitrogen and oxygen atoms in total. The number of rotatable bonds is 2. The largest absolute Gasteiger partial charge is 0.391 e. The van der Waals surface area contributed by atoms with E-state index in [0.717, 1.165) is 62.7 Å². The van der Waals surface area contributed by atoms with E-state index in [1.165, 1.54) is 25.7 Å². The average Bonchev–Trinajstić information content (AvgIpc) is 3.23. The van der Waals surface area contributed by atoms with Crippen molar-refractivity contribution >= 4 is 11.5 Å². The maximum absolute atomic E-state index is 12.6. The lowest BCUT2D eigenvalue weighted by atomic mass is 9.47. The van der Waals surface area contributed by atoms with Gasteiger partial charge in [-0.15, -0.1) is 0 Å². The van der Waals surface area contributed by atoms with Crippen LogP contribution in [0.2, 0.25) is 0 Å². The third kappa shape index (κ3) is 2.81. The molecule has 1 saturated heterocycles. The predicted molar refractivity (Wildman–Crippen MR) is 111 cm³/mol. The number of carbonyl (C=O) groups is 1. The van der Waals surface area contributed by atoms with Crippen LogP contribution >= 0.6 is 0 Å². The van der Waals surface area contributed by atoms with E-state index in [9.17, 15) is 4.79 Å². The van der Waals surface area contributed by atoms with Gasteiger partial charge in [0.25, 0.3) is 0 Å². The number of oxime groups is 1. The number of hydrogen-bond donors (Lipinski definition) is 0. The summed E-state index contributed by atoms with van der Waals surface area (Å²) in [5.74, 6) is 2.68. The molecule has 1 aliphatic heterocycles. The number of likely N-dealkylation sites (N-methyl/N-ethyl adjacent to an activating group) is 1. The minimum Gasteiger partial charge on any atom is -0.391 e. The van der Waals surface area contributed by atoms with Crippen LogP contribution < -0.4 is 0 Å². The van der Waals surface area contributed by atoms with Gasteiger partial charge in [0.1, 0.15) is 11.9 Å². The van der Waals surface area contributed by atoms with Crippen LogP contribution in [0.1, 0.15) is 71.6 Å². The number of nitrogens with zero attached hydrogens (tertiary/aromatic N) is 2. The van der Waals surface area contributed by atoms with Crippen molar-refractivity contribution in [1.29, 1.82) is 0 Å². The van der Waals surface area contributed by atoms with Crippen LogP contribution in [0.4, 0.5) is 0 Å². The Hall–Kier alpha value is -1.16. The molecule has 4 fully saturated rings. The van der Waals surface area contributed by atoms with Gasteiger partial charge in [-0.05, 0) is 81.2 Å². The average molecular weight is 385 g/mol. The van der Waals surface area contributed by atoms with E-state index in [1.54, 1.807) is 5.57 Å². The lowest BCUT2D eigenvalue weighted by Gasteiger charge is -2.57. The summed E-state index contributed by atoms with van der Waals surface area (Å²) in [5, 5.41) is 4.57. The van der Waals surface area contributed by atoms with Crippen molar-refractivity contribution in [2.45, 2.75) is 77.7 Å². The molecular formula is C24H36N2O2. The fraction of sp³-hybridized carbons (Fsp3) is 0.833. The molecule has 154 valence electrons. The van der Waals surface area contributed by atoms with E-state index in [-0.39, 0.29) is 11.5 Å². The van der Waals surface area contributed by atoms with Gasteiger partial charge in [0.15, 0.2) is 0 Å². The first-order valence-electron chi connectivity index (χ1n) is 11.6. The summed E-state index contributed by atoms with van der Waals surface area (Å²) in [6.45, 7) is 6.90. The number of Topliss-reactive ketones (excluding diaryl/α,β-unsaturated/α-hetero) is 1. The van der Waals surface area contributed by atoms with Crippen LogP contribution in [0.15, 0.2) is 16.8 Å². The second-order valence-corrected chi connectivity index (χ2v) is 10.8. The minimum absolute atomic E-state index is 0.0116. The third-order valence-electron chi connectivity index (χ3n) is 9.35. The molecule has 0 aromatic heterocycles. The summed E-state index contributed by atoms with van der Waals surface area (Å²) < 4.78 is 0. The Balaban J connectivity index is 1.34. The van der Waals surface area contributed by atoms with Crippen molar-refractivity contribution < 1.29 is 9.63 Å². The van der Waals surface area contributed by atoms with Crippen molar-refractivity contribution in [2.75, 3.05) is 20.1 Å². The molecular weight excluding hydrogens is 348 g/mol. The zero-order valence-electron chi connectivity index (χ0n) is 17.9. The fourth-order valence-corrected chi connectivity index (χ4v) is 7.54. The van der Waals surface area contributed by atoms with E-state index in [2.05, 4.69) is 37.0 Å². The molecule has 0 radical (unpaired) electrons. The van der Waals surface area contributed by atoms with Gasteiger partial charge in [-0.25, -0.2) is 0 Å². The molecule has 4 heteroatoms. The highest BCUT2D eigenvalue weighted by Gasteiger charge is 2.58. The van der Waals surface area contributed by atoms with E-state index >= 15 is 0 Å². The lowest BCUT2D eigenvalue weighted by Crippen LogP contribution is -2.50. The number of fused-ring (bicyclic) bond motifs is 5. The van der Waals surface area contributed by atoms with Crippen LogP contribution in [0.3, 0.4) is 0 Å². The predicted octanol–water partition coefficient (Wildman–Crippen LogP) is 4.60. The Morgan fingerprint density at radius 1 is 1.04 bits per heavy atom. The second-order valence-electron chi connectivity index (χ2n) is 10.8. The molecule has 3 unspecified atom stereocenters. The topological polar surface area (TPSA) is 41.9 Å². The summed E-state index contributed by atoms with van der Waals surface area (Å²) in [5.41, 5.74) is 3.06. The standard InChI is InChI=1S/C24H36N2O2/c1-23-11-8-17(25-28-18-10-13-26(3)15-18)14-16(23)4-5-19-20-6-7-22(27)24(20,2)12-9-21(19)23/h14,18-21H,4-13,15H2,1-3H3/t18-,19?,20?,21?,23-,24-/m0/s1. The van der Waals surface area contributed by atoms with Crippen LogP contribution in [0.25, 0.3) is 0 Å². The summed E-state index contributed by atoms with van der Waals surface area (Å²) in [6.07, 6.45) is 12.7. The van der Waals surface area contributed by atoms with Gasteiger partial charge in [0, 0.05) is 31.3 Å². The Morgan fingerprint density at radius 2 is 1.86 bits per heavy atom. The maximum atomic E-state index is 12.6. The highest BCUT2D eigenvalue weighted by atomic mass is 16.6. The van der Waals surface area contributed by atoms with Crippen LogP contribution in [-0.4, -0.2) is 42.6 Å². The highest BCUT2D eigenvalue weighted by Crippen LogP contribution is 2.64. The van der Waals surface area contributed by atoms with E-state index in [0.29, 0.717) is 17.1 Å². The minimum atomic E-state index is -0.0116. The van der Waals surface area contributed by atoms with Crippen LogP contribution in [0, 0.1) is 28.6 Å². The fourth-order valence-electron chi connectivity index (χ4n) is 7.54. The van der Waals surface area contributed by atoms with Crippen molar-refractivity contribution in [3.8, 4) is 0 Å². The zero-order chi connectivity index (χ0) is 19.5. The monoisotopic (exact) mass is 384 g/mol. The van der Waals surface area contributed by atoms with Crippen LogP contribution in [-0.2, 0) is 9.63 Å². The molecule has 28 heavy (non-hydrogen) atoms. The lowest BCUT2D eigenvalue weighted by molar-refractivity contribution is -0.132. The number of ketones is 1. The van der Waals surface area contributed by atoms with Gasteiger partial charge in [0.05, 0.1) is 5.71 Å². The van der Waals surface area contributed by atoms with Gasteiger partial charge in [-0.1, -0.05) is 24.6 Å². The summed E-state index contributed by atoms with van der Waals surface area (Å²) in [4.78, 5) is 20.8. The highest BCUT2D eigenvalue weighted by molar-refractivity contribution is 5.96. The molecule has 0 spiro atoms. The second kappa shape index (κ2) is 6.68. The quantitative estimate of drug-likeness (QED) is 0.654. The number of carbonyl (C=O) groups excluding carboxylic acids is 1. The van der Waals surface area contributed by atoms with Gasteiger partial charge < -0.3 is 9.74 Å². The Morgan fingerprint density at radius 3 is 2.64 bits per heavy atom. The van der Waals surface area contributed by atoms with Gasteiger partial charge >= 0.3 is 0 Å². The molecule has 3 saturated carbocycles. The Bertz CT molecular complexity index is 728. The molecule has 1 heterocycles. The summed E-state index contributed by atoms with van der Waals surface area (Å²) >= 11 is 0. The SMILES string of the molecule is CN1CC[C@H](ON=C2C=C3CCC4C(CC[C@]5(C)C(=O)CCC45)[C@@]3(C)CC2)C1. The molecule has 0 amide bonds. The van der Waals surface area contributed by atoms with E-state index < -0.39 is 0 Å². The van der Waals surface area contributed by atoms with Gasteiger partial charge in [0.2, 0.25) is 0 Å². The molecule has 0 aromatic rings. The van der Waals surface area contributed by atoms with Crippen molar-refractivity contribution in [1.82, 2.24) is 4.90 Å². The van der Waals surface area contributed by atoms with Crippen molar-refractivity contribution in [2.24, 2.45) is 33.7 Å². The maximum Gasteiger partial charge on any atom is 0.141 e. The zero-order valence-corrected chi connectivity index (χ0v) is 17.9. The first-order chi connectivity index (χ1) is 13.4. The van der Waals surface area contributed by atoms with Gasteiger partial charge in [-0.2, -0.15) is 0 Å². The molecule has 0 bridgehead atoms. The molecule has 4 aliphatic carbocycles. The molecule has 0 aromatic carbocycles. The summed E-state index contributed by atoms with van der Waals surface area (Å²) in [7, 11) is 2.15. The third-order valence-corrected chi connectivity index (χ3v) is 9.35. The number of allylic oxidation sites excluding steroid dienone is 2. The van der Waals surface area contributed by atoms with E-state index in [4.69, 9.17) is 4.84 Å². The molecule has 6 atom stereocenters. The molecule has 5 rings (SSSR count). The first kappa shape index (κ1) is 18.8. The first-order valence-corrected chi connectivity index (χ1v) is 11.6.